The predicted molar refractivity (Wildman–Crippen MR) is 136 cm³/mol. The fraction of sp³-hybridized carbons (Fsp3) is 0.185. The Hall–Kier alpha value is -3.71. The Morgan fingerprint density at radius 3 is 2.56 bits per heavy atom. The summed E-state index contributed by atoms with van der Waals surface area (Å²) in [6.45, 7) is 0. The van der Waals surface area contributed by atoms with Gasteiger partial charge in [0.1, 0.15) is 5.75 Å². The Balaban J connectivity index is 1.38. The SMILES string of the molecule is CN(C)c1ccc(/C=C2\S[C@]3(NC2=O)Oc2ccccc2[C@H]2CC(c4ccccc4)=NN23)cc1. The van der Waals surface area contributed by atoms with E-state index in [1.54, 1.807) is 0 Å². The molecule has 1 amide bonds. The van der Waals surface area contributed by atoms with Crippen LogP contribution in [0.2, 0.25) is 0 Å². The van der Waals surface area contributed by atoms with Gasteiger partial charge < -0.3 is 9.64 Å². The van der Waals surface area contributed by atoms with Crippen LogP contribution in [0.5, 0.6) is 5.75 Å². The van der Waals surface area contributed by atoms with E-state index in [0.717, 1.165) is 40.3 Å². The largest absolute Gasteiger partial charge is 0.439 e. The number of hydrogen-bond acceptors (Lipinski definition) is 6. The maximum Gasteiger partial charge on any atom is 0.336 e. The van der Waals surface area contributed by atoms with Crippen LogP contribution in [0.15, 0.2) is 88.9 Å². The maximum absolute atomic E-state index is 13.1. The molecule has 3 aromatic carbocycles. The van der Waals surface area contributed by atoms with E-state index in [2.05, 4.69) is 23.5 Å². The molecule has 3 aliphatic heterocycles. The number of rotatable bonds is 3. The topological polar surface area (TPSA) is 57.2 Å². The first-order valence-corrected chi connectivity index (χ1v) is 12.0. The summed E-state index contributed by atoms with van der Waals surface area (Å²) in [5.41, 5.74) is 5.21. The van der Waals surface area contributed by atoms with Crippen molar-refractivity contribution in [3.8, 4) is 5.75 Å². The first kappa shape index (κ1) is 20.9. The molecule has 1 N–H and O–H groups in total. The van der Waals surface area contributed by atoms with Gasteiger partial charge in [-0.25, -0.2) is 5.01 Å². The first-order chi connectivity index (χ1) is 16.5. The maximum atomic E-state index is 13.1. The van der Waals surface area contributed by atoms with Gasteiger partial charge in [-0.3, -0.25) is 10.1 Å². The number of nitrogens with one attached hydrogen (secondary N) is 1. The van der Waals surface area contributed by atoms with E-state index in [0.29, 0.717) is 4.91 Å². The Labute approximate surface area is 202 Å². The zero-order chi connectivity index (χ0) is 23.3. The standard InChI is InChI=1S/C27H24N4O2S/c1-30(2)20-14-12-18(13-15-20)16-25-26(32)28-27(34-25)31-23(21-10-6-7-11-24(21)33-27)17-22(29-31)19-8-4-3-5-9-19/h3-16,23H,17H2,1-2H3,(H,28,32)/b25-16-/t23-,27+/m1/s1. The Morgan fingerprint density at radius 2 is 1.79 bits per heavy atom. The summed E-state index contributed by atoms with van der Waals surface area (Å²) in [6, 6.07) is 26.3. The summed E-state index contributed by atoms with van der Waals surface area (Å²) in [5.74, 6) is 0.612. The molecule has 0 saturated carbocycles. The van der Waals surface area contributed by atoms with E-state index in [-0.39, 0.29) is 11.9 Å². The lowest BCUT2D eigenvalue weighted by Crippen LogP contribution is -2.58. The summed E-state index contributed by atoms with van der Waals surface area (Å²) in [5, 5.41) is 8.88. The minimum Gasteiger partial charge on any atom is -0.439 e. The molecule has 3 aromatic rings. The zero-order valence-electron chi connectivity index (χ0n) is 18.9. The van der Waals surface area contributed by atoms with Gasteiger partial charge in [-0.2, -0.15) is 5.10 Å². The number of carbonyl (C=O) groups is 1. The Bertz CT molecular complexity index is 1320. The molecular weight excluding hydrogens is 444 g/mol. The number of amides is 1. The van der Waals surface area contributed by atoms with E-state index in [9.17, 15) is 4.79 Å². The summed E-state index contributed by atoms with van der Waals surface area (Å²) >= 11 is 1.37. The van der Waals surface area contributed by atoms with Crippen LogP contribution in [0.25, 0.3) is 6.08 Å². The molecule has 1 saturated heterocycles. The highest BCUT2D eigenvalue weighted by atomic mass is 32.2. The summed E-state index contributed by atoms with van der Waals surface area (Å²) in [6.07, 6.45) is 2.65. The van der Waals surface area contributed by atoms with Gasteiger partial charge in [-0.15, -0.1) is 0 Å². The van der Waals surface area contributed by atoms with Crippen molar-refractivity contribution in [1.29, 1.82) is 0 Å². The number of benzene rings is 3. The summed E-state index contributed by atoms with van der Waals surface area (Å²) in [4.78, 5) is 15.8. The van der Waals surface area contributed by atoms with Crippen molar-refractivity contribution in [3.63, 3.8) is 0 Å². The third-order valence-electron chi connectivity index (χ3n) is 6.30. The normalized spacial score (nSPS) is 23.9. The second kappa shape index (κ2) is 7.95. The van der Waals surface area contributed by atoms with Crippen LogP contribution in [0.4, 0.5) is 5.69 Å². The first-order valence-electron chi connectivity index (χ1n) is 11.2. The van der Waals surface area contributed by atoms with Crippen LogP contribution in [-0.4, -0.2) is 35.9 Å². The fourth-order valence-electron chi connectivity index (χ4n) is 4.56. The average molecular weight is 469 g/mol. The molecule has 1 spiro atoms. The molecule has 3 heterocycles. The van der Waals surface area contributed by atoms with Crippen molar-refractivity contribution < 1.29 is 9.53 Å². The van der Waals surface area contributed by atoms with Crippen LogP contribution in [0.3, 0.4) is 0 Å². The Kier molecular flexibility index (Phi) is 4.88. The van der Waals surface area contributed by atoms with Crippen molar-refractivity contribution in [1.82, 2.24) is 10.3 Å². The highest BCUT2D eigenvalue weighted by Crippen LogP contribution is 2.53. The average Bonchev–Trinajstić information content (AvgIpc) is 3.43. The molecule has 6 nitrogen and oxygen atoms in total. The molecule has 6 rings (SSSR count). The van der Waals surface area contributed by atoms with E-state index in [1.165, 1.54) is 11.8 Å². The van der Waals surface area contributed by atoms with Crippen molar-refractivity contribution in [2.45, 2.75) is 17.6 Å². The molecule has 0 aliphatic carbocycles. The minimum absolute atomic E-state index is 0.0216. The molecule has 1 fully saturated rings. The predicted octanol–water partition coefficient (Wildman–Crippen LogP) is 4.81. The van der Waals surface area contributed by atoms with Gasteiger partial charge in [0.05, 0.1) is 16.7 Å². The molecule has 0 aromatic heterocycles. The second-order valence-corrected chi connectivity index (χ2v) is 9.95. The molecular formula is C27H24N4O2S. The number of nitrogens with zero attached hydrogens (tertiary/aromatic N) is 3. The van der Waals surface area contributed by atoms with Gasteiger partial charge in [0.15, 0.2) is 0 Å². The van der Waals surface area contributed by atoms with Gasteiger partial charge in [-0.1, -0.05) is 60.7 Å². The quantitative estimate of drug-likeness (QED) is 0.559. The van der Waals surface area contributed by atoms with Gasteiger partial charge in [0.25, 0.3) is 5.91 Å². The van der Waals surface area contributed by atoms with Gasteiger partial charge in [-0.05, 0) is 47.2 Å². The molecule has 3 aliphatic rings. The third-order valence-corrected chi connectivity index (χ3v) is 7.47. The number of ether oxygens (including phenoxy) is 1. The highest BCUT2D eigenvalue weighted by Gasteiger charge is 2.57. The zero-order valence-corrected chi connectivity index (χ0v) is 19.8. The number of fused-ring (bicyclic) bond motifs is 4. The molecule has 0 bridgehead atoms. The lowest BCUT2D eigenvalue weighted by molar-refractivity contribution is -0.127. The van der Waals surface area contributed by atoms with E-state index >= 15 is 0 Å². The van der Waals surface area contributed by atoms with E-state index in [4.69, 9.17) is 9.84 Å². The summed E-state index contributed by atoms with van der Waals surface area (Å²) < 4.78 is 6.47. The lowest BCUT2D eigenvalue weighted by Gasteiger charge is -2.43. The second-order valence-electron chi connectivity index (χ2n) is 8.75. The number of hydrogen-bond donors (Lipinski definition) is 1. The lowest BCUT2D eigenvalue weighted by atomic mass is 9.97. The van der Waals surface area contributed by atoms with Crippen LogP contribution in [0.1, 0.15) is 29.2 Å². The number of hydrazone groups is 1. The number of para-hydroxylation sites is 1. The smallest absolute Gasteiger partial charge is 0.336 e. The molecule has 2 atom stereocenters. The van der Waals surface area contributed by atoms with Crippen molar-refractivity contribution in [3.05, 3.63) is 100 Å². The molecule has 0 radical (unpaired) electrons. The van der Waals surface area contributed by atoms with E-state index in [1.807, 2.05) is 90.7 Å². The van der Waals surface area contributed by atoms with Crippen molar-refractivity contribution in [2.24, 2.45) is 5.10 Å². The van der Waals surface area contributed by atoms with Crippen molar-refractivity contribution >= 4 is 35.1 Å². The van der Waals surface area contributed by atoms with Gasteiger partial charge in [0, 0.05) is 31.8 Å². The van der Waals surface area contributed by atoms with Gasteiger partial charge in [0.2, 0.25) is 0 Å². The number of anilines is 1. The fourth-order valence-corrected chi connectivity index (χ4v) is 5.74. The Morgan fingerprint density at radius 1 is 1.06 bits per heavy atom. The van der Waals surface area contributed by atoms with Crippen LogP contribution in [0, 0.1) is 0 Å². The highest BCUT2D eigenvalue weighted by molar-refractivity contribution is 8.05. The van der Waals surface area contributed by atoms with E-state index < -0.39 is 5.18 Å². The van der Waals surface area contributed by atoms with Crippen LogP contribution < -0.4 is 15.0 Å². The third kappa shape index (κ3) is 3.44. The number of thioether (sulfide) groups is 1. The molecule has 34 heavy (non-hydrogen) atoms. The van der Waals surface area contributed by atoms with Gasteiger partial charge >= 0.3 is 5.18 Å². The molecule has 0 unspecified atom stereocenters. The summed E-state index contributed by atoms with van der Waals surface area (Å²) in [7, 11) is 4.01. The van der Waals surface area contributed by atoms with Crippen LogP contribution in [-0.2, 0) is 4.79 Å². The van der Waals surface area contributed by atoms with Crippen molar-refractivity contribution in [2.75, 3.05) is 19.0 Å². The number of carbonyl (C=O) groups excluding carboxylic acids is 1. The monoisotopic (exact) mass is 468 g/mol. The molecule has 7 heteroatoms. The van der Waals surface area contributed by atoms with Crippen LogP contribution >= 0.6 is 11.8 Å². The minimum atomic E-state index is -1.12. The molecule has 170 valence electrons.